The predicted molar refractivity (Wildman–Crippen MR) is 185 cm³/mol. The first kappa shape index (κ1) is 58.4. The monoisotopic (exact) mass is 962 g/mol. The lowest BCUT2D eigenvalue weighted by atomic mass is 9.71. The summed E-state index contributed by atoms with van der Waals surface area (Å²) < 4.78 is 270. The zero-order valence-corrected chi connectivity index (χ0v) is 35.3. The van der Waals surface area contributed by atoms with Crippen LogP contribution in [-0.4, -0.2) is 106 Å². The molecule has 2 atom stereocenters. The molecule has 0 heterocycles. The maximum Gasteiger partial charge on any atom is 0.428 e. The van der Waals surface area contributed by atoms with Crippen LogP contribution in [0.3, 0.4) is 0 Å². The fourth-order valence-electron chi connectivity index (χ4n) is 5.63. The van der Waals surface area contributed by atoms with E-state index in [1.807, 2.05) is 0 Å². The van der Waals surface area contributed by atoms with Crippen LogP contribution in [-0.2, 0) is 41.4 Å². The molecule has 1 aromatic carbocycles. The second-order valence-electron chi connectivity index (χ2n) is 17.3. The van der Waals surface area contributed by atoms with Crippen molar-refractivity contribution in [2.24, 2.45) is 0 Å². The van der Waals surface area contributed by atoms with Gasteiger partial charge in [0.05, 0.1) is 48.8 Å². The van der Waals surface area contributed by atoms with E-state index in [2.05, 4.69) is 6.58 Å². The van der Waals surface area contributed by atoms with Gasteiger partial charge in [0.1, 0.15) is 0 Å². The minimum absolute atomic E-state index is 0.215. The van der Waals surface area contributed by atoms with Gasteiger partial charge in [-0.2, -0.15) is 79.0 Å². The Kier molecular flexibility index (Phi) is 16.0. The summed E-state index contributed by atoms with van der Waals surface area (Å²) in [6, 6.07) is 0.567. The summed E-state index contributed by atoms with van der Waals surface area (Å²) in [5.41, 5.74) is -33.5. The topological polar surface area (TPSA) is 118 Å². The van der Waals surface area contributed by atoms with Gasteiger partial charge in [-0.3, -0.25) is 0 Å². The van der Waals surface area contributed by atoms with Gasteiger partial charge in [0.25, 0.3) is 11.2 Å². The molecule has 0 spiro atoms. The fourth-order valence-corrected chi connectivity index (χ4v) is 5.63. The van der Waals surface area contributed by atoms with Crippen LogP contribution in [0.1, 0.15) is 104 Å². The average molecular weight is 963 g/mol. The Labute approximate surface area is 349 Å². The molecule has 370 valence electrons. The van der Waals surface area contributed by atoms with Gasteiger partial charge in [-0.05, 0) is 110 Å². The molecule has 8 nitrogen and oxygen atoms in total. The number of halogens is 18. The van der Waals surface area contributed by atoms with Gasteiger partial charge in [0.15, 0.2) is 11.2 Å². The van der Waals surface area contributed by atoms with Gasteiger partial charge < -0.3 is 39.4 Å². The smallest absolute Gasteiger partial charge is 0.379 e. The fraction of sp³-hybridized carbons (Fsp3) is 0.784. The van der Waals surface area contributed by atoms with Gasteiger partial charge in [-0.15, -0.1) is 0 Å². The van der Waals surface area contributed by atoms with Crippen molar-refractivity contribution in [3.05, 3.63) is 40.5 Å². The van der Waals surface area contributed by atoms with Crippen LogP contribution < -0.4 is 0 Å². The molecule has 63 heavy (non-hydrogen) atoms. The number of benzene rings is 1. The molecular weight excluding hydrogens is 914 g/mol. The molecule has 0 saturated heterocycles. The van der Waals surface area contributed by atoms with Gasteiger partial charge in [-0.1, -0.05) is 12.2 Å². The predicted octanol–water partition coefficient (Wildman–Crippen LogP) is 10.1. The summed E-state index contributed by atoms with van der Waals surface area (Å²) in [5.74, 6) is 0. The number of alkyl halides is 18. The summed E-state index contributed by atoms with van der Waals surface area (Å²) in [4.78, 5) is 0. The Morgan fingerprint density at radius 2 is 0.635 bits per heavy atom. The van der Waals surface area contributed by atoms with E-state index in [4.69, 9.17) is 18.9 Å². The van der Waals surface area contributed by atoms with E-state index in [0.717, 1.165) is 34.6 Å². The van der Waals surface area contributed by atoms with E-state index in [-0.39, 0.29) is 13.8 Å². The van der Waals surface area contributed by atoms with Crippen molar-refractivity contribution in [2.45, 2.75) is 158 Å². The zero-order chi connectivity index (χ0) is 50.8. The minimum atomic E-state index is -6.53. The van der Waals surface area contributed by atoms with Crippen molar-refractivity contribution >= 4 is 5.57 Å². The SMILES string of the molecule is C=C(C)c1c(C(C)(C)OCC(C)(O)C(F)(F)F)c(C(C)(C)OCC(O)(C(F)(F)F)C(F)(F)F)cc(C(C)(C)OCC(O)(C(F)(F)F)C(F)(F)F)c1C(C)(C)OCC(C)(O)C(F)(F)F. The molecule has 0 aliphatic rings. The standard InChI is InChI=1S/C37H48F18O8/c1-18(2)21-22(26(7,8)60-14-28(11,56)32(38,39)40)19(24(3,4)62-16-30(58,34(44,45)46)35(47,48)49)13-20(23(21)27(9,10)61-15-29(12,57)33(41,42)43)25(5,6)63-17-31(59,36(50,51)52)37(53,54)55/h13,56-59H,1,14-17H2,2-12H3. The van der Waals surface area contributed by atoms with Crippen LogP contribution in [0.25, 0.3) is 5.57 Å². The van der Waals surface area contributed by atoms with E-state index in [0.29, 0.717) is 33.8 Å². The van der Waals surface area contributed by atoms with E-state index in [1.165, 1.54) is 0 Å². The highest BCUT2D eigenvalue weighted by atomic mass is 19.4. The third kappa shape index (κ3) is 12.0. The van der Waals surface area contributed by atoms with Gasteiger partial charge in [-0.25, -0.2) is 0 Å². The quantitative estimate of drug-likeness (QED) is 0.114. The third-order valence-electron chi connectivity index (χ3n) is 10.1. The maximum atomic E-state index is 13.8. The first-order chi connectivity index (χ1) is 27.1. The Balaban J connectivity index is 4.83. The largest absolute Gasteiger partial charge is 0.428 e. The highest BCUT2D eigenvalue weighted by molar-refractivity contribution is 5.73. The molecule has 0 aliphatic carbocycles. The molecule has 26 heteroatoms. The molecule has 1 rings (SSSR count). The second kappa shape index (κ2) is 17.2. The molecule has 4 N–H and O–H groups in total. The van der Waals surface area contributed by atoms with Crippen molar-refractivity contribution in [3.63, 3.8) is 0 Å². The van der Waals surface area contributed by atoms with Crippen LogP contribution in [0.15, 0.2) is 12.6 Å². The Hall–Kier alpha value is -2.62. The average Bonchev–Trinajstić information content (AvgIpc) is 3.03. The molecule has 0 bridgehead atoms. The van der Waals surface area contributed by atoms with Crippen molar-refractivity contribution in [2.75, 3.05) is 26.4 Å². The minimum Gasteiger partial charge on any atom is -0.379 e. The molecule has 1 aromatic rings. The van der Waals surface area contributed by atoms with Crippen LogP contribution >= 0.6 is 0 Å². The number of aliphatic hydroxyl groups is 4. The Morgan fingerprint density at radius 1 is 0.413 bits per heavy atom. The first-order valence-corrected chi connectivity index (χ1v) is 17.9. The number of ether oxygens (including phenoxy) is 4. The lowest BCUT2D eigenvalue weighted by Crippen LogP contribution is -2.60. The second-order valence-corrected chi connectivity index (χ2v) is 17.3. The molecule has 0 aromatic heterocycles. The zero-order valence-electron chi connectivity index (χ0n) is 35.3. The summed E-state index contributed by atoms with van der Waals surface area (Å²) in [7, 11) is 0. The van der Waals surface area contributed by atoms with Crippen molar-refractivity contribution in [3.8, 4) is 0 Å². The van der Waals surface area contributed by atoms with Crippen LogP contribution in [0, 0.1) is 0 Å². The lowest BCUT2D eigenvalue weighted by Gasteiger charge is -2.45. The number of rotatable bonds is 17. The third-order valence-corrected chi connectivity index (χ3v) is 10.1. The molecule has 0 saturated carbocycles. The Bertz CT molecular complexity index is 1630. The maximum absolute atomic E-state index is 13.8. The molecule has 0 radical (unpaired) electrons. The molecule has 0 amide bonds. The normalized spacial score (nSPS) is 17.2. The highest BCUT2D eigenvalue weighted by Gasteiger charge is 2.72. The summed E-state index contributed by atoms with van der Waals surface area (Å²) in [6.45, 7) is 2.57. The van der Waals surface area contributed by atoms with Crippen LogP contribution in [0.2, 0.25) is 0 Å². The van der Waals surface area contributed by atoms with Gasteiger partial charge in [0.2, 0.25) is 0 Å². The molecule has 0 aliphatic heterocycles. The Morgan fingerprint density at radius 3 is 0.825 bits per heavy atom. The van der Waals surface area contributed by atoms with Crippen LogP contribution in [0.4, 0.5) is 79.0 Å². The van der Waals surface area contributed by atoms with Crippen molar-refractivity contribution in [1.29, 1.82) is 0 Å². The number of hydrogen-bond acceptors (Lipinski definition) is 8. The first-order valence-electron chi connectivity index (χ1n) is 17.9. The molecule has 2 unspecified atom stereocenters. The van der Waals surface area contributed by atoms with Crippen molar-refractivity contribution < 1.29 is 118 Å². The molecular formula is C37H48F18O8. The van der Waals surface area contributed by atoms with E-state index < -0.39 is 142 Å². The van der Waals surface area contributed by atoms with Gasteiger partial charge in [0, 0.05) is 0 Å². The van der Waals surface area contributed by atoms with Crippen LogP contribution in [0.5, 0.6) is 0 Å². The van der Waals surface area contributed by atoms with E-state index in [1.54, 1.807) is 0 Å². The lowest BCUT2D eigenvalue weighted by molar-refractivity contribution is -0.383. The van der Waals surface area contributed by atoms with Crippen molar-refractivity contribution in [1.82, 2.24) is 0 Å². The van der Waals surface area contributed by atoms with Gasteiger partial charge >= 0.3 is 37.1 Å². The summed E-state index contributed by atoms with van der Waals surface area (Å²) in [5, 5.41) is 40.3. The molecule has 0 fully saturated rings. The van der Waals surface area contributed by atoms with E-state index >= 15 is 0 Å². The number of allylic oxidation sites excluding steroid dienone is 1. The summed E-state index contributed by atoms with van der Waals surface area (Å²) in [6.07, 6.45) is -37.0. The van der Waals surface area contributed by atoms with E-state index in [9.17, 15) is 99.5 Å². The number of hydrogen-bond donors (Lipinski definition) is 4. The summed E-state index contributed by atoms with van der Waals surface area (Å²) >= 11 is 0. The highest BCUT2D eigenvalue weighted by Crippen LogP contribution is 2.52.